The zero-order valence-corrected chi connectivity index (χ0v) is 17.4. The van der Waals surface area contributed by atoms with Gasteiger partial charge < -0.3 is 28.8 Å². The van der Waals surface area contributed by atoms with E-state index in [1.807, 2.05) is 0 Å². The average molecular weight is 391 g/mol. The van der Waals surface area contributed by atoms with Crippen molar-refractivity contribution in [2.75, 3.05) is 21.0 Å². The van der Waals surface area contributed by atoms with Gasteiger partial charge in [-0.3, -0.25) is 0 Å². The number of carbonyl (C=O) groups excluding carboxylic acids is 1. The number of nitrogens with one attached hydrogen (secondary N) is 1. The molecule has 9 nitrogen and oxygen atoms in total. The molecule has 1 aromatic heterocycles. The van der Waals surface area contributed by atoms with Gasteiger partial charge in [-0.25, -0.2) is 0 Å². The van der Waals surface area contributed by atoms with E-state index in [2.05, 4.69) is 15.4 Å². The van der Waals surface area contributed by atoms with E-state index in [-0.39, 0.29) is 47.7 Å². The van der Waals surface area contributed by atoms with Crippen molar-refractivity contribution in [1.29, 1.82) is 0 Å². The maximum atomic E-state index is 11.4. The number of benzene rings is 2. The van der Waals surface area contributed by atoms with E-state index in [1.54, 1.807) is 24.3 Å². The summed E-state index contributed by atoms with van der Waals surface area (Å²) in [5.41, 5.74) is 2.09. The summed E-state index contributed by atoms with van der Waals surface area (Å²) in [7, 11) is 2.92. The Morgan fingerprint density at radius 1 is 1.04 bits per heavy atom. The van der Waals surface area contributed by atoms with E-state index < -0.39 is 5.97 Å². The Bertz CT molecular complexity index is 1040. The third kappa shape index (κ3) is 3.39. The van der Waals surface area contributed by atoms with Crippen molar-refractivity contribution in [3.8, 4) is 45.5 Å². The summed E-state index contributed by atoms with van der Waals surface area (Å²) in [6.45, 7) is 0.105. The summed E-state index contributed by atoms with van der Waals surface area (Å²) in [5, 5.41) is 22.3. The van der Waals surface area contributed by atoms with E-state index in [0.717, 1.165) is 0 Å². The van der Waals surface area contributed by atoms with Gasteiger partial charge in [-0.2, -0.15) is 15.4 Å². The molecule has 0 unspecified atom stereocenters. The third-order valence-electron chi connectivity index (χ3n) is 4.17. The minimum absolute atomic E-state index is 0. The molecule has 4 rings (SSSR count). The minimum atomic E-state index is -1.34. The van der Waals surface area contributed by atoms with Crippen molar-refractivity contribution < 1.29 is 58.4 Å². The standard InChI is InChI=1S/C18H15N3O6.Na/c1-24-12-4-3-9(5-11(12)18(22)23)15-16(20-21-19-15)10-6-13(25-2)17-14(7-10)26-8-27-17;/h3-7H,8H2,1-2H3,(H,22,23)(H,19,20,21);/q;+1/p-1. The zero-order valence-electron chi connectivity index (χ0n) is 15.4. The fraction of sp³-hybridized carbons (Fsp3) is 0.167. The molecular weight excluding hydrogens is 377 g/mol. The minimum Gasteiger partial charge on any atom is -0.545 e. The van der Waals surface area contributed by atoms with Crippen molar-refractivity contribution >= 4 is 5.97 Å². The van der Waals surface area contributed by atoms with Crippen LogP contribution in [-0.2, 0) is 0 Å². The first-order chi connectivity index (χ1) is 13.1. The summed E-state index contributed by atoms with van der Waals surface area (Å²) in [4.78, 5) is 11.4. The van der Waals surface area contributed by atoms with Crippen LogP contribution >= 0.6 is 0 Å². The molecule has 10 heteroatoms. The van der Waals surface area contributed by atoms with Gasteiger partial charge in [-0.05, 0) is 30.3 Å². The predicted octanol–water partition coefficient (Wildman–Crippen LogP) is -1.75. The normalized spacial score (nSPS) is 11.6. The van der Waals surface area contributed by atoms with Crippen LogP contribution in [0.1, 0.15) is 10.4 Å². The van der Waals surface area contributed by atoms with E-state index in [9.17, 15) is 9.90 Å². The number of aromatic carboxylic acids is 1. The van der Waals surface area contributed by atoms with E-state index >= 15 is 0 Å². The molecule has 0 spiro atoms. The first kappa shape index (κ1) is 20.0. The van der Waals surface area contributed by atoms with Crippen LogP contribution in [0, 0.1) is 0 Å². The largest absolute Gasteiger partial charge is 1.00 e. The number of aromatic nitrogens is 3. The topological polar surface area (TPSA) is 119 Å². The van der Waals surface area contributed by atoms with Gasteiger partial charge in [0, 0.05) is 16.7 Å². The number of nitrogens with zero attached hydrogens (tertiary/aromatic N) is 2. The number of hydrogen-bond acceptors (Lipinski definition) is 8. The monoisotopic (exact) mass is 391 g/mol. The molecule has 28 heavy (non-hydrogen) atoms. The van der Waals surface area contributed by atoms with E-state index in [1.165, 1.54) is 20.3 Å². The number of fused-ring (bicyclic) bond motifs is 1. The Balaban J connectivity index is 0.00000225. The van der Waals surface area contributed by atoms with Crippen molar-refractivity contribution in [1.82, 2.24) is 15.4 Å². The number of carboxylic acids is 1. The van der Waals surface area contributed by atoms with E-state index in [4.69, 9.17) is 18.9 Å². The molecule has 0 aliphatic carbocycles. The molecule has 0 bridgehead atoms. The number of rotatable bonds is 5. The molecular formula is C18H14N3NaO6. The van der Waals surface area contributed by atoms with Crippen LogP contribution in [0.2, 0.25) is 0 Å². The van der Waals surface area contributed by atoms with Crippen molar-refractivity contribution in [2.24, 2.45) is 0 Å². The average Bonchev–Trinajstić information content (AvgIpc) is 3.35. The van der Waals surface area contributed by atoms with Crippen LogP contribution in [0.4, 0.5) is 0 Å². The molecule has 3 aromatic rings. The Hall–Kier alpha value is -2.75. The summed E-state index contributed by atoms with van der Waals surface area (Å²) >= 11 is 0. The molecule has 1 aliphatic heterocycles. The maximum Gasteiger partial charge on any atom is 1.00 e. The molecule has 0 radical (unpaired) electrons. The number of H-pyrrole nitrogens is 1. The van der Waals surface area contributed by atoms with Crippen molar-refractivity contribution in [3.63, 3.8) is 0 Å². The molecule has 138 valence electrons. The molecule has 1 aliphatic rings. The van der Waals surface area contributed by atoms with E-state index in [0.29, 0.717) is 39.8 Å². The molecule has 0 saturated carbocycles. The number of hydrogen-bond donors (Lipinski definition) is 1. The van der Waals surface area contributed by atoms with Gasteiger partial charge in [0.05, 0.1) is 20.2 Å². The van der Waals surface area contributed by atoms with Gasteiger partial charge in [0.15, 0.2) is 11.5 Å². The molecule has 0 atom stereocenters. The summed E-state index contributed by atoms with van der Waals surface area (Å²) in [5.74, 6) is 0.412. The summed E-state index contributed by atoms with van der Waals surface area (Å²) < 4.78 is 21.3. The summed E-state index contributed by atoms with van der Waals surface area (Å²) in [6, 6.07) is 8.17. The van der Waals surface area contributed by atoms with Gasteiger partial charge in [-0.1, -0.05) is 0 Å². The number of carbonyl (C=O) groups is 1. The quantitative estimate of drug-likeness (QED) is 0.509. The van der Waals surface area contributed by atoms with Crippen molar-refractivity contribution in [3.05, 3.63) is 35.9 Å². The fourth-order valence-electron chi connectivity index (χ4n) is 2.91. The molecule has 2 heterocycles. The van der Waals surface area contributed by atoms with Gasteiger partial charge in [0.25, 0.3) is 0 Å². The number of methoxy groups -OCH3 is 2. The van der Waals surface area contributed by atoms with Crippen LogP contribution in [0.5, 0.6) is 23.0 Å². The SMILES string of the molecule is COc1ccc(-c2n[nH]nc2-c2cc(OC)c3c(c2)OCO3)cc1C(=O)[O-].[Na+]. The van der Waals surface area contributed by atoms with Gasteiger partial charge in [0.1, 0.15) is 17.1 Å². The molecule has 0 saturated heterocycles. The predicted molar refractivity (Wildman–Crippen MR) is 90.8 cm³/mol. The Kier molecular flexibility index (Phi) is 5.78. The van der Waals surface area contributed by atoms with Crippen LogP contribution in [0.15, 0.2) is 30.3 Å². The second-order valence-corrected chi connectivity index (χ2v) is 5.64. The Labute approximate surface area is 181 Å². The van der Waals surface area contributed by atoms with Crippen LogP contribution in [-0.4, -0.2) is 42.4 Å². The van der Waals surface area contributed by atoms with Crippen LogP contribution < -0.4 is 53.6 Å². The van der Waals surface area contributed by atoms with Gasteiger partial charge >= 0.3 is 29.6 Å². The second-order valence-electron chi connectivity index (χ2n) is 5.64. The fourth-order valence-corrected chi connectivity index (χ4v) is 2.91. The molecule has 1 N–H and O–H groups in total. The Morgan fingerprint density at radius 2 is 1.75 bits per heavy atom. The first-order valence-corrected chi connectivity index (χ1v) is 7.91. The maximum absolute atomic E-state index is 11.4. The van der Waals surface area contributed by atoms with Crippen LogP contribution in [0.25, 0.3) is 22.5 Å². The third-order valence-corrected chi connectivity index (χ3v) is 4.17. The zero-order chi connectivity index (χ0) is 19.0. The van der Waals surface area contributed by atoms with Crippen LogP contribution in [0.3, 0.4) is 0 Å². The number of carboxylic acid groups (broad SMARTS) is 1. The van der Waals surface area contributed by atoms with Gasteiger partial charge in [0.2, 0.25) is 12.5 Å². The van der Waals surface area contributed by atoms with Gasteiger partial charge in [-0.15, -0.1) is 0 Å². The molecule has 0 amide bonds. The molecule has 2 aromatic carbocycles. The smallest absolute Gasteiger partial charge is 0.545 e. The van der Waals surface area contributed by atoms with Crippen molar-refractivity contribution in [2.45, 2.75) is 0 Å². The number of ether oxygens (including phenoxy) is 4. The Morgan fingerprint density at radius 3 is 2.43 bits per heavy atom. The molecule has 0 fully saturated rings. The number of aromatic amines is 1. The first-order valence-electron chi connectivity index (χ1n) is 7.91. The summed E-state index contributed by atoms with van der Waals surface area (Å²) in [6.07, 6.45) is 0. The second kappa shape index (κ2) is 8.09.